The number of benzene rings is 1. The number of carboxylic acids is 1. The van der Waals surface area contributed by atoms with E-state index in [1.54, 1.807) is 0 Å². The largest absolute Gasteiger partial charge is 0.481 e. The topological polar surface area (TPSA) is 74.0 Å². The maximum absolute atomic E-state index is 10.6. The number of aromatic nitrogens is 1. The van der Waals surface area contributed by atoms with Gasteiger partial charge in [0.2, 0.25) is 0 Å². The van der Waals surface area contributed by atoms with Crippen molar-refractivity contribution in [3.8, 4) is 6.07 Å². The molecule has 0 amide bonds. The smallest absolute Gasteiger partial charge is 0.304 e. The van der Waals surface area contributed by atoms with E-state index in [9.17, 15) is 10.1 Å². The lowest BCUT2D eigenvalue weighted by atomic mass is 9.82. The van der Waals surface area contributed by atoms with E-state index in [4.69, 9.17) is 5.11 Å². The van der Waals surface area contributed by atoms with E-state index in [1.807, 2.05) is 12.1 Å². The molecule has 0 saturated carbocycles. The first-order chi connectivity index (χ1) is 11.7. The fourth-order valence-corrected chi connectivity index (χ4v) is 3.99. The van der Waals surface area contributed by atoms with Crippen LogP contribution in [0.15, 0.2) is 41.4 Å². The molecule has 5 heteroatoms. The molecule has 0 bridgehead atoms. The van der Waals surface area contributed by atoms with E-state index >= 15 is 0 Å². The Bertz CT molecular complexity index is 784. The van der Waals surface area contributed by atoms with Crippen molar-refractivity contribution in [3.05, 3.63) is 58.8 Å². The average Bonchev–Trinajstić information content (AvgIpc) is 2.61. The molecule has 0 fully saturated rings. The standard InChI is InChI=1S/C19H18N2O2S/c20-12-16-11-15-10-14(13-4-2-1-3-5-13)6-7-17(15)21-19(16)24-9-8-18(22)23/h1-5,11,14H,6-10H2,(H,22,23). The predicted octanol–water partition coefficient (Wildman–Crippen LogP) is 3.79. The Kier molecular flexibility index (Phi) is 5.17. The van der Waals surface area contributed by atoms with Crippen LogP contribution in [0.3, 0.4) is 0 Å². The van der Waals surface area contributed by atoms with E-state index < -0.39 is 5.97 Å². The molecule has 1 unspecified atom stereocenters. The molecule has 0 saturated heterocycles. The van der Waals surface area contributed by atoms with Crippen LogP contribution in [-0.2, 0) is 17.6 Å². The molecule has 0 spiro atoms. The molecular weight excluding hydrogens is 320 g/mol. The first-order valence-electron chi connectivity index (χ1n) is 8.00. The van der Waals surface area contributed by atoms with Gasteiger partial charge in [-0.1, -0.05) is 30.3 Å². The first-order valence-corrected chi connectivity index (χ1v) is 8.98. The molecule has 1 atom stereocenters. The van der Waals surface area contributed by atoms with Crippen LogP contribution in [0.1, 0.15) is 41.1 Å². The van der Waals surface area contributed by atoms with Crippen molar-refractivity contribution < 1.29 is 9.90 Å². The quantitative estimate of drug-likeness (QED) is 0.840. The summed E-state index contributed by atoms with van der Waals surface area (Å²) in [6, 6.07) is 14.6. The normalized spacial score (nSPS) is 16.2. The minimum Gasteiger partial charge on any atom is -0.481 e. The maximum Gasteiger partial charge on any atom is 0.304 e. The van der Waals surface area contributed by atoms with Crippen molar-refractivity contribution in [3.63, 3.8) is 0 Å². The third kappa shape index (κ3) is 3.77. The second-order valence-corrected chi connectivity index (χ2v) is 6.98. The van der Waals surface area contributed by atoms with Crippen LogP contribution in [0.5, 0.6) is 0 Å². The Hall–Kier alpha value is -2.32. The lowest BCUT2D eigenvalue weighted by molar-refractivity contribution is -0.136. The van der Waals surface area contributed by atoms with E-state index in [2.05, 4.69) is 35.3 Å². The zero-order valence-corrected chi connectivity index (χ0v) is 14.1. The van der Waals surface area contributed by atoms with Gasteiger partial charge in [-0.15, -0.1) is 11.8 Å². The highest BCUT2D eigenvalue weighted by Crippen LogP contribution is 2.34. The first kappa shape index (κ1) is 16.5. The van der Waals surface area contributed by atoms with Gasteiger partial charge in [-0.3, -0.25) is 4.79 Å². The molecule has 1 aliphatic rings. The van der Waals surface area contributed by atoms with Gasteiger partial charge >= 0.3 is 5.97 Å². The zero-order valence-electron chi connectivity index (χ0n) is 13.2. The summed E-state index contributed by atoms with van der Waals surface area (Å²) in [5.74, 6) is 0.0739. The summed E-state index contributed by atoms with van der Waals surface area (Å²) in [5, 5.41) is 18.8. The van der Waals surface area contributed by atoms with E-state index in [0.29, 0.717) is 22.3 Å². The van der Waals surface area contributed by atoms with Gasteiger partial charge in [-0.25, -0.2) is 4.98 Å². The maximum atomic E-state index is 10.6. The van der Waals surface area contributed by atoms with Crippen molar-refractivity contribution in [1.82, 2.24) is 4.98 Å². The zero-order chi connectivity index (χ0) is 16.9. The molecule has 1 aromatic carbocycles. The lowest BCUT2D eigenvalue weighted by Gasteiger charge is -2.25. The molecule has 4 nitrogen and oxygen atoms in total. The van der Waals surface area contributed by atoms with Gasteiger partial charge in [-0.05, 0) is 42.4 Å². The second-order valence-electron chi connectivity index (χ2n) is 5.90. The summed E-state index contributed by atoms with van der Waals surface area (Å²) in [5.41, 5.74) is 4.09. The third-order valence-corrected chi connectivity index (χ3v) is 5.29. The Labute approximate surface area is 145 Å². The molecule has 1 aromatic heterocycles. The van der Waals surface area contributed by atoms with Crippen LogP contribution in [0.2, 0.25) is 0 Å². The number of aliphatic carboxylic acids is 1. The number of nitriles is 1. The van der Waals surface area contributed by atoms with Crippen molar-refractivity contribution in [2.45, 2.75) is 36.6 Å². The molecule has 1 N–H and O–H groups in total. The highest BCUT2D eigenvalue weighted by Gasteiger charge is 2.23. The van der Waals surface area contributed by atoms with Gasteiger partial charge in [0, 0.05) is 11.4 Å². The molecule has 1 heterocycles. The van der Waals surface area contributed by atoms with Gasteiger partial charge in [0.15, 0.2) is 0 Å². The molecule has 3 rings (SSSR count). The van der Waals surface area contributed by atoms with Crippen molar-refractivity contribution in [2.75, 3.05) is 5.75 Å². The summed E-state index contributed by atoms with van der Waals surface area (Å²) in [6.45, 7) is 0. The number of thioether (sulfide) groups is 1. The Morgan fingerprint density at radius 3 is 2.88 bits per heavy atom. The van der Waals surface area contributed by atoms with Crippen LogP contribution < -0.4 is 0 Å². The summed E-state index contributed by atoms with van der Waals surface area (Å²) in [4.78, 5) is 15.3. The van der Waals surface area contributed by atoms with Crippen LogP contribution in [0.25, 0.3) is 0 Å². The third-order valence-electron chi connectivity index (χ3n) is 4.30. The molecule has 0 radical (unpaired) electrons. The Morgan fingerprint density at radius 2 is 2.17 bits per heavy atom. The fraction of sp³-hybridized carbons (Fsp3) is 0.316. The number of fused-ring (bicyclic) bond motifs is 1. The fourth-order valence-electron chi connectivity index (χ4n) is 3.08. The molecule has 24 heavy (non-hydrogen) atoms. The summed E-state index contributed by atoms with van der Waals surface area (Å²) in [7, 11) is 0. The highest BCUT2D eigenvalue weighted by molar-refractivity contribution is 7.99. The SMILES string of the molecule is N#Cc1cc2c(nc1SCCC(=O)O)CCC(c1ccccc1)C2. The molecule has 122 valence electrons. The summed E-state index contributed by atoms with van der Waals surface area (Å²) < 4.78 is 0. The van der Waals surface area contributed by atoms with E-state index in [-0.39, 0.29) is 6.42 Å². The predicted molar refractivity (Wildman–Crippen MR) is 93.1 cm³/mol. The van der Waals surface area contributed by atoms with Crippen LogP contribution in [0, 0.1) is 11.3 Å². The number of hydrogen-bond acceptors (Lipinski definition) is 4. The average molecular weight is 338 g/mol. The van der Waals surface area contributed by atoms with Crippen molar-refractivity contribution in [1.29, 1.82) is 5.26 Å². The van der Waals surface area contributed by atoms with Crippen molar-refractivity contribution >= 4 is 17.7 Å². The second kappa shape index (κ2) is 7.50. The van der Waals surface area contributed by atoms with Crippen LogP contribution in [0.4, 0.5) is 0 Å². The van der Waals surface area contributed by atoms with Crippen LogP contribution in [-0.4, -0.2) is 21.8 Å². The molecular formula is C19H18N2O2S. The highest BCUT2D eigenvalue weighted by atomic mass is 32.2. The minimum absolute atomic E-state index is 0.0738. The molecule has 2 aromatic rings. The summed E-state index contributed by atoms with van der Waals surface area (Å²) in [6.07, 6.45) is 2.92. The molecule has 0 aliphatic heterocycles. The molecule has 1 aliphatic carbocycles. The number of carbonyl (C=O) groups is 1. The van der Waals surface area contributed by atoms with Gasteiger partial charge < -0.3 is 5.11 Å². The lowest BCUT2D eigenvalue weighted by Crippen LogP contribution is -2.15. The number of aryl methyl sites for hydroxylation is 1. The Morgan fingerprint density at radius 1 is 1.38 bits per heavy atom. The minimum atomic E-state index is -0.829. The van der Waals surface area contributed by atoms with Gasteiger partial charge in [-0.2, -0.15) is 5.26 Å². The number of pyridine rings is 1. The monoisotopic (exact) mass is 338 g/mol. The van der Waals surface area contributed by atoms with Gasteiger partial charge in [0.05, 0.1) is 12.0 Å². The van der Waals surface area contributed by atoms with Gasteiger partial charge in [0.1, 0.15) is 11.1 Å². The Balaban J connectivity index is 1.80. The van der Waals surface area contributed by atoms with Crippen LogP contribution >= 0.6 is 11.8 Å². The number of nitrogens with zero attached hydrogens (tertiary/aromatic N) is 2. The number of carboxylic acid groups (broad SMARTS) is 1. The van der Waals surface area contributed by atoms with E-state index in [0.717, 1.165) is 30.5 Å². The summed E-state index contributed by atoms with van der Waals surface area (Å²) >= 11 is 1.36. The van der Waals surface area contributed by atoms with Gasteiger partial charge in [0.25, 0.3) is 0 Å². The van der Waals surface area contributed by atoms with E-state index in [1.165, 1.54) is 17.3 Å². The van der Waals surface area contributed by atoms with Crippen molar-refractivity contribution in [2.24, 2.45) is 0 Å². The number of hydrogen-bond donors (Lipinski definition) is 1. The number of rotatable bonds is 5.